The van der Waals surface area contributed by atoms with Crippen molar-refractivity contribution in [2.45, 2.75) is 19.4 Å². The van der Waals surface area contributed by atoms with Crippen molar-refractivity contribution in [1.82, 2.24) is 5.32 Å². The molecule has 0 fully saturated rings. The van der Waals surface area contributed by atoms with Gasteiger partial charge in [0.25, 0.3) is 0 Å². The first kappa shape index (κ1) is 16.0. The number of halogens is 4. The Morgan fingerprint density at radius 1 is 1.05 bits per heavy atom. The van der Waals surface area contributed by atoms with Gasteiger partial charge < -0.3 is 5.32 Å². The lowest BCUT2D eigenvalue weighted by Gasteiger charge is -2.21. The molecule has 112 valence electrons. The average molecular weight is 358 g/mol. The molecular weight excluding hydrogens is 343 g/mol. The van der Waals surface area contributed by atoms with Gasteiger partial charge in [-0.2, -0.15) is 0 Å². The second-order valence-electron chi connectivity index (χ2n) is 4.70. The molecule has 2 aromatic rings. The van der Waals surface area contributed by atoms with E-state index < -0.39 is 23.5 Å². The SMILES string of the molecule is CCCNC(c1ccc(F)cc1F)c1cccc(F)c1Br. The zero-order valence-electron chi connectivity index (χ0n) is 11.5. The minimum absolute atomic E-state index is 0.280. The molecule has 1 atom stereocenters. The zero-order chi connectivity index (χ0) is 15.4. The summed E-state index contributed by atoms with van der Waals surface area (Å²) in [5.41, 5.74) is 0.866. The van der Waals surface area contributed by atoms with Crippen molar-refractivity contribution in [2.75, 3.05) is 6.54 Å². The number of nitrogens with one attached hydrogen (secondary N) is 1. The molecule has 1 unspecified atom stereocenters. The Hall–Kier alpha value is -1.33. The van der Waals surface area contributed by atoms with Crippen LogP contribution in [0.5, 0.6) is 0 Å². The summed E-state index contributed by atoms with van der Waals surface area (Å²) in [5.74, 6) is -1.71. The highest BCUT2D eigenvalue weighted by molar-refractivity contribution is 9.10. The molecule has 0 aliphatic heterocycles. The number of benzene rings is 2. The van der Waals surface area contributed by atoms with Crippen LogP contribution in [0.2, 0.25) is 0 Å². The molecule has 0 spiro atoms. The van der Waals surface area contributed by atoms with Gasteiger partial charge in [0.15, 0.2) is 0 Å². The summed E-state index contributed by atoms with van der Waals surface area (Å²) in [6.45, 7) is 2.61. The van der Waals surface area contributed by atoms with Crippen molar-refractivity contribution in [3.05, 3.63) is 69.4 Å². The summed E-state index contributed by atoms with van der Waals surface area (Å²) in [4.78, 5) is 0. The first-order chi connectivity index (χ1) is 10.0. The summed E-state index contributed by atoms with van der Waals surface area (Å²) in [5, 5.41) is 3.17. The van der Waals surface area contributed by atoms with Crippen LogP contribution in [-0.2, 0) is 0 Å². The molecule has 2 rings (SSSR count). The minimum Gasteiger partial charge on any atom is -0.306 e. The molecule has 1 nitrogen and oxygen atoms in total. The van der Waals surface area contributed by atoms with Crippen molar-refractivity contribution in [2.24, 2.45) is 0 Å². The molecule has 1 N–H and O–H groups in total. The molecule has 0 aromatic heterocycles. The molecule has 21 heavy (non-hydrogen) atoms. The second kappa shape index (κ2) is 7.09. The Labute approximate surface area is 130 Å². The maximum Gasteiger partial charge on any atom is 0.137 e. The van der Waals surface area contributed by atoms with Crippen LogP contribution in [0.4, 0.5) is 13.2 Å². The van der Waals surface area contributed by atoms with E-state index in [0.717, 1.165) is 12.5 Å². The van der Waals surface area contributed by atoms with E-state index in [0.29, 0.717) is 12.1 Å². The molecular formula is C16H15BrF3N. The first-order valence-electron chi connectivity index (χ1n) is 6.66. The monoisotopic (exact) mass is 357 g/mol. The predicted molar refractivity (Wildman–Crippen MR) is 80.6 cm³/mol. The molecule has 0 aliphatic rings. The minimum atomic E-state index is -0.653. The Morgan fingerprint density at radius 2 is 1.81 bits per heavy atom. The Morgan fingerprint density at radius 3 is 2.48 bits per heavy atom. The van der Waals surface area contributed by atoms with Crippen LogP contribution in [-0.4, -0.2) is 6.54 Å². The zero-order valence-corrected chi connectivity index (χ0v) is 13.1. The second-order valence-corrected chi connectivity index (χ2v) is 5.49. The van der Waals surface area contributed by atoms with Crippen LogP contribution in [0.15, 0.2) is 40.9 Å². The first-order valence-corrected chi connectivity index (χ1v) is 7.46. The van der Waals surface area contributed by atoms with E-state index in [-0.39, 0.29) is 10.0 Å². The van der Waals surface area contributed by atoms with Gasteiger partial charge >= 0.3 is 0 Å². The summed E-state index contributed by atoms with van der Waals surface area (Å²) in [7, 11) is 0. The molecule has 0 radical (unpaired) electrons. The van der Waals surface area contributed by atoms with E-state index in [1.807, 2.05) is 6.92 Å². The molecule has 5 heteroatoms. The lowest BCUT2D eigenvalue weighted by molar-refractivity contribution is 0.528. The normalized spacial score (nSPS) is 12.4. The highest BCUT2D eigenvalue weighted by Crippen LogP contribution is 2.31. The van der Waals surface area contributed by atoms with Gasteiger partial charge in [0, 0.05) is 11.6 Å². The van der Waals surface area contributed by atoms with Crippen molar-refractivity contribution >= 4 is 15.9 Å². The van der Waals surface area contributed by atoms with Crippen LogP contribution >= 0.6 is 15.9 Å². The van der Waals surface area contributed by atoms with Crippen LogP contribution < -0.4 is 5.32 Å². The fraction of sp³-hybridized carbons (Fsp3) is 0.250. The van der Waals surface area contributed by atoms with E-state index in [2.05, 4.69) is 21.2 Å². The van der Waals surface area contributed by atoms with Gasteiger partial charge in [0.2, 0.25) is 0 Å². The Kier molecular flexibility index (Phi) is 5.42. The average Bonchev–Trinajstić information content (AvgIpc) is 2.45. The van der Waals surface area contributed by atoms with Crippen LogP contribution in [0.1, 0.15) is 30.5 Å². The third-order valence-corrected chi connectivity index (χ3v) is 4.00. The van der Waals surface area contributed by atoms with Crippen LogP contribution in [0.25, 0.3) is 0 Å². The van der Waals surface area contributed by atoms with E-state index >= 15 is 0 Å². The maximum absolute atomic E-state index is 14.1. The summed E-state index contributed by atoms with van der Waals surface area (Å²) in [6, 6.07) is 7.48. The van der Waals surface area contributed by atoms with E-state index in [4.69, 9.17) is 0 Å². The van der Waals surface area contributed by atoms with Crippen molar-refractivity contribution in [3.63, 3.8) is 0 Å². The van der Waals surface area contributed by atoms with Crippen LogP contribution in [0.3, 0.4) is 0 Å². The topological polar surface area (TPSA) is 12.0 Å². The standard InChI is InChI=1S/C16H15BrF3N/c1-2-8-21-16(11-7-6-10(18)9-14(11)20)12-4-3-5-13(19)15(12)17/h3-7,9,16,21H,2,8H2,1H3. The molecule has 2 aromatic carbocycles. The highest BCUT2D eigenvalue weighted by atomic mass is 79.9. The maximum atomic E-state index is 14.1. The van der Waals surface area contributed by atoms with E-state index in [1.165, 1.54) is 18.2 Å². The van der Waals surface area contributed by atoms with Crippen molar-refractivity contribution in [1.29, 1.82) is 0 Å². The molecule has 0 saturated heterocycles. The third kappa shape index (κ3) is 3.66. The molecule has 0 aliphatic carbocycles. The van der Waals surface area contributed by atoms with Crippen molar-refractivity contribution in [3.8, 4) is 0 Å². The molecule has 0 saturated carbocycles. The largest absolute Gasteiger partial charge is 0.306 e. The number of hydrogen-bond donors (Lipinski definition) is 1. The number of hydrogen-bond acceptors (Lipinski definition) is 1. The molecule has 0 heterocycles. The predicted octanol–water partition coefficient (Wildman–Crippen LogP) is 4.96. The molecule has 0 bridgehead atoms. The van der Waals surface area contributed by atoms with E-state index in [9.17, 15) is 13.2 Å². The van der Waals surface area contributed by atoms with E-state index in [1.54, 1.807) is 12.1 Å². The lowest BCUT2D eigenvalue weighted by Crippen LogP contribution is -2.24. The number of rotatable bonds is 5. The van der Waals surface area contributed by atoms with Gasteiger partial charge in [-0.25, -0.2) is 13.2 Å². The van der Waals surface area contributed by atoms with Gasteiger partial charge in [-0.15, -0.1) is 0 Å². The quantitative estimate of drug-likeness (QED) is 0.797. The Balaban J connectivity index is 2.49. The fourth-order valence-electron chi connectivity index (χ4n) is 2.16. The van der Waals surface area contributed by atoms with Crippen molar-refractivity contribution < 1.29 is 13.2 Å². The van der Waals surface area contributed by atoms with Gasteiger partial charge in [0.1, 0.15) is 17.5 Å². The Bertz CT molecular complexity index is 631. The fourth-order valence-corrected chi connectivity index (χ4v) is 2.65. The smallest absolute Gasteiger partial charge is 0.137 e. The summed E-state index contributed by atoms with van der Waals surface area (Å²) in [6.07, 6.45) is 0.840. The van der Waals surface area contributed by atoms with Gasteiger partial charge in [-0.1, -0.05) is 25.1 Å². The van der Waals surface area contributed by atoms with Crippen LogP contribution in [0, 0.1) is 17.5 Å². The van der Waals surface area contributed by atoms with Gasteiger partial charge in [-0.05, 0) is 46.6 Å². The summed E-state index contributed by atoms with van der Waals surface area (Å²) < 4.78 is 41.1. The molecule has 0 amide bonds. The lowest BCUT2D eigenvalue weighted by atomic mass is 9.97. The summed E-state index contributed by atoms with van der Waals surface area (Å²) >= 11 is 3.20. The highest BCUT2D eigenvalue weighted by Gasteiger charge is 2.21. The van der Waals surface area contributed by atoms with Gasteiger partial charge in [-0.3, -0.25) is 0 Å². The third-order valence-electron chi connectivity index (χ3n) is 3.16. The van der Waals surface area contributed by atoms with Gasteiger partial charge in [0.05, 0.1) is 10.5 Å².